The van der Waals surface area contributed by atoms with Crippen LogP contribution in [0.3, 0.4) is 0 Å². The second kappa shape index (κ2) is 5.35. The fourth-order valence-electron chi connectivity index (χ4n) is 1.37. The monoisotopic (exact) mass is 194 g/mol. The molecule has 0 radical (unpaired) electrons. The minimum absolute atomic E-state index is 0.302. The van der Waals surface area contributed by atoms with Gasteiger partial charge in [0.25, 0.3) is 0 Å². The fourth-order valence-corrected chi connectivity index (χ4v) is 1.37. The van der Waals surface area contributed by atoms with Crippen LogP contribution in [0.15, 0.2) is 24.3 Å². The SMILES string of the molecule is CB1OCc2ccccc21.CSC. The number of benzene rings is 1. The summed E-state index contributed by atoms with van der Waals surface area (Å²) in [5.74, 6) is 0. The first-order valence-electron chi connectivity index (χ1n) is 4.39. The molecular weight excluding hydrogens is 179 g/mol. The van der Waals surface area contributed by atoms with Crippen LogP contribution in [-0.2, 0) is 11.3 Å². The molecule has 1 aliphatic rings. The molecule has 1 heterocycles. The minimum Gasteiger partial charge on any atom is -0.427 e. The molecular formula is C10H15BOS. The van der Waals surface area contributed by atoms with Crippen molar-refractivity contribution in [2.75, 3.05) is 12.5 Å². The lowest BCUT2D eigenvalue weighted by Gasteiger charge is -1.95. The summed E-state index contributed by atoms with van der Waals surface area (Å²) in [5, 5.41) is 0. The highest BCUT2D eigenvalue weighted by molar-refractivity contribution is 7.97. The lowest BCUT2D eigenvalue weighted by atomic mass is 9.64. The molecule has 70 valence electrons. The Morgan fingerprint density at radius 1 is 1.31 bits per heavy atom. The average molecular weight is 194 g/mol. The predicted octanol–water partition coefficient (Wildman–Crippen LogP) is 2.02. The molecule has 0 atom stereocenters. The molecule has 0 spiro atoms. The second-order valence-electron chi connectivity index (χ2n) is 3.06. The predicted molar refractivity (Wildman–Crippen MR) is 61.9 cm³/mol. The van der Waals surface area contributed by atoms with Crippen molar-refractivity contribution in [3.05, 3.63) is 29.8 Å². The van der Waals surface area contributed by atoms with Gasteiger partial charge in [0.2, 0.25) is 0 Å². The number of thioether (sulfide) groups is 1. The van der Waals surface area contributed by atoms with Crippen molar-refractivity contribution in [1.82, 2.24) is 0 Å². The topological polar surface area (TPSA) is 9.23 Å². The van der Waals surface area contributed by atoms with E-state index in [1.807, 2.05) is 12.5 Å². The van der Waals surface area contributed by atoms with E-state index in [0.717, 1.165) is 6.61 Å². The van der Waals surface area contributed by atoms with Gasteiger partial charge < -0.3 is 4.65 Å². The Hall–Kier alpha value is -0.405. The first kappa shape index (κ1) is 10.7. The maximum Gasteiger partial charge on any atom is 0.324 e. The molecule has 1 nitrogen and oxygen atoms in total. The molecule has 0 bridgehead atoms. The Morgan fingerprint density at radius 2 is 1.92 bits per heavy atom. The zero-order chi connectivity index (χ0) is 9.68. The molecule has 1 aliphatic heterocycles. The smallest absolute Gasteiger partial charge is 0.324 e. The van der Waals surface area contributed by atoms with Crippen LogP contribution < -0.4 is 5.46 Å². The van der Waals surface area contributed by atoms with Crippen molar-refractivity contribution in [2.45, 2.75) is 13.4 Å². The van der Waals surface area contributed by atoms with Crippen LogP contribution in [0.25, 0.3) is 0 Å². The van der Waals surface area contributed by atoms with Crippen LogP contribution in [0, 0.1) is 0 Å². The number of fused-ring (bicyclic) bond motifs is 1. The molecule has 0 saturated carbocycles. The van der Waals surface area contributed by atoms with Crippen molar-refractivity contribution in [3.8, 4) is 0 Å². The molecule has 2 rings (SSSR count). The van der Waals surface area contributed by atoms with E-state index in [1.165, 1.54) is 11.0 Å². The summed E-state index contributed by atoms with van der Waals surface area (Å²) in [6.07, 6.45) is 4.08. The van der Waals surface area contributed by atoms with Gasteiger partial charge in [0, 0.05) is 0 Å². The number of hydrogen-bond donors (Lipinski definition) is 0. The van der Waals surface area contributed by atoms with E-state index < -0.39 is 0 Å². The van der Waals surface area contributed by atoms with Gasteiger partial charge in [-0.05, 0) is 23.5 Å². The van der Waals surface area contributed by atoms with Crippen LogP contribution in [0.4, 0.5) is 0 Å². The molecule has 1 aromatic rings. The van der Waals surface area contributed by atoms with Crippen molar-refractivity contribution in [3.63, 3.8) is 0 Å². The summed E-state index contributed by atoms with van der Waals surface area (Å²) in [4.78, 5) is 0. The molecule has 0 unspecified atom stereocenters. The Balaban J connectivity index is 0.000000251. The van der Waals surface area contributed by atoms with Gasteiger partial charge in [-0.15, -0.1) is 0 Å². The van der Waals surface area contributed by atoms with Crippen molar-refractivity contribution < 1.29 is 4.65 Å². The summed E-state index contributed by atoms with van der Waals surface area (Å²) in [6.45, 7) is 3.18. The van der Waals surface area contributed by atoms with E-state index in [1.54, 1.807) is 11.8 Å². The van der Waals surface area contributed by atoms with E-state index in [9.17, 15) is 0 Å². The highest BCUT2D eigenvalue weighted by Gasteiger charge is 2.21. The molecule has 0 amide bonds. The third kappa shape index (κ3) is 2.78. The molecule has 0 N–H and O–H groups in total. The van der Waals surface area contributed by atoms with Crippen molar-refractivity contribution >= 4 is 24.1 Å². The van der Waals surface area contributed by atoms with Gasteiger partial charge in [-0.3, -0.25) is 0 Å². The quantitative estimate of drug-likeness (QED) is 0.584. The van der Waals surface area contributed by atoms with E-state index in [-0.39, 0.29) is 0 Å². The van der Waals surface area contributed by atoms with E-state index >= 15 is 0 Å². The van der Waals surface area contributed by atoms with Crippen molar-refractivity contribution in [2.24, 2.45) is 0 Å². The lowest BCUT2D eigenvalue weighted by molar-refractivity contribution is 0.333. The molecule has 0 aromatic heterocycles. The molecule has 0 saturated heterocycles. The zero-order valence-electron chi connectivity index (χ0n) is 8.41. The van der Waals surface area contributed by atoms with Gasteiger partial charge >= 0.3 is 6.92 Å². The standard InChI is InChI=1S/C8H9BO.C2H6S/c1-9-8-5-3-2-4-7(8)6-10-9;1-3-2/h2-5H,6H2,1H3;1-2H3. The minimum atomic E-state index is 0.302. The highest BCUT2D eigenvalue weighted by Crippen LogP contribution is 2.08. The Bertz CT molecular complexity index is 265. The van der Waals surface area contributed by atoms with Crippen LogP contribution in [0.1, 0.15) is 5.56 Å². The zero-order valence-corrected chi connectivity index (χ0v) is 9.23. The molecule has 13 heavy (non-hydrogen) atoms. The summed E-state index contributed by atoms with van der Waals surface area (Å²) in [6, 6.07) is 8.37. The molecule has 3 heteroatoms. The van der Waals surface area contributed by atoms with Gasteiger partial charge in [-0.1, -0.05) is 31.1 Å². The molecule has 0 fully saturated rings. The van der Waals surface area contributed by atoms with Gasteiger partial charge in [0.15, 0.2) is 0 Å². The summed E-state index contributed by atoms with van der Waals surface area (Å²) < 4.78 is 5.42. The van der Waals surface area contributed by atoms with E-state index in [0.29, 0.717) is 6.92 Å². The molecule has 1 aromatic carbocycles. The van der Waals surface area contributed by atoms with Gasteiger partial charge in [0.05, 0.1) is 6.61 Å². The first-order valence-corrected chi connectivity index (χ1v) is 6.02. The van der Waals surface area contributed by atoms with Crippen molar-refractivity contribution in [1.29, 1.82) is 0 Å². The number of rotatable bonds is 0. The fraction of sp³-hybridized carbons (Fsp3) is 0.400. The largest absolute Gasteiger partial charge is 0.427 e. The van der Waals surface area contributed by atoms with E-state index in [2.05, 4.69) is 31.1 Å². The second-order valence-corrected chi connectivity index (χ2v) is 3.88. The lowest BCUT2D eigenvalue weighted by Crippen LogP contribution is -2.23. The summed E-state index contributed by atoms with van der Waals surface area (Å²) >= 11 is 1.75. The third-order valence-corrected chi connectivity index (χ3v) is 1.98. The number of hydrogen-bond acceptors (Lipinski definition) is 2. The van der Waals surface area contributed by atoms with Crippen LogP contribution >= 0.6 is 11.8 Å². The molecule has 0 aliphatic carbocycles. The van der Waals surface area contributed by atoms with Crippen LogP contribution in [0.2, 0.25) is 6.82 Å². The maximum absolute atomic E-state index is 5.42. The van der Waals surface area contributed by atoms with Crippen LogP contribution in [0.5, 0.6) is 0 Å². The van der Waals surface area contributed by atoms with Crippen LogP contribution in [-0.4, -0.2) is 19.4 Å². The van der Waals surface area contributed by atoms with Gasteiger partial charge in [-0.2, -0.15) is 11.8 Å². The van der Waals surface area contributed by atoms with Gasteiger partial charge in [0.1, 0.15) is 0 Å². The average Bonchev–Trinajstić information content (AvgIpc) is 2.50. The van der Waals surface area contributed by atoms with Gasteiger partial charge in [-0.25, -0.2) is 0 Å². The Morgan fingerprint density at radius 3 is 2.54 bits per heavy atom. The summed E-state index contributed by atoms with van der Waals surface area (Å²) in [7, 11) is 0. The Kier molecular flexibility index (Phi) is 4.39. The first-order chi connectivity index (χ1) is 6.29. The maximum atomic E-state index is 5.42. The summed E-state index contributed by atoms with van der Waals surface area (Å²) in [5.41, 5.74) is 2.69. The van der Waals surface area contributed by atoms with E-state index in [4.69, 9.17) is 4.65 Å². The Labute approximate surface area is 85.0 Å². The normalized spacial score (nSPS) is 13.3. The third-order valence-electron chi connectivity index (χ3n) is 1.98. The highest BCUT2D eigenvalue weighted by atomic mass is 32.2.